The lowest BCUT2D eigenvalue weighted by Gasteiger charge is -2.24. The van der Waals surface area contributed by atoms with E-state index in [2.05, 4.69) is 5.32 Å². The van der Waals surface area contributed by atoms with Crippen LogP contribution in [-0.2, 0) is 9.59 Å². The summed E-state index contributed by atoms with van der Waals surface area (Å²) in [4.78, 5) is 23.2. The van der Waals surface area contributed by atoms with Crippen LogP contribution in [0.15, 0.2) is 24.3 Å². The fourth-order valence-corrected chi connectivity index (χ4v) is 3.34. The number of benzene rings is 1. The van der Waals surface area contributed by atoms with E-state index >= 15 is 0 Å². The molecule has 1 aromatic rings. The molecule has 0 saturated carbocycles. The summed E-state index contributed by atoms with van der Waals surface area (Å²) in [7, 11) is 1.56. The van der Waals surface area contributed by atoms with Crippen molar-refractivity contribution in [1.29, 1.82) is 0 Å². The van der Waals surface area contributed by atoms with Crippen LogP contribution in [0.5, 0.6) is 11.5 Å². The van der Waals surface area contributed by atoms with Gasteiger partial charge in [0.25, 0.3) is 5.91 Å². The highest BCUT2D eigenvalue weighted by Gasteiger charge is 2.43. The van der Waals surface area contributed by atoms with Gasteiger partial charge in [0.15, 0.2) is 6.61 Å². The molecular weight excluding hydrogens is 294 g/mol. The molecule has 0 spiro atoms. The number of rotatable bonds is 6. The Labute approximate surface area is 126 Å². The fourth-order valence-electron chi connectivity index (χ4n) is 2.01. The standard InChI is InChI=1S/C14H17NO5S/c1-19-10-2-4-11(5-3-10)20-8-12(16)15-14(13(17)18)6-7-21-9-14/h2-5H,6-9H2,1H3,(H,15,16)(H,17,18). The van der Waals surface area contributed by atoms with Crippen LogP contribution in [0.3, 0.4) is 0 Å². The number of thioether (sulfide) groups is 1. The number of carboxylic acid groups (broad SMARTS) is 1. The van der Waals surface area contributed by atoms with E-state index in [4.69, 9.17) is 9.47 Å². The van der Waals surface area contributed by atoms with Gasteiger partial charge in [-0.2, -0.15) is 11.8 Å². The minimum absolute atomic E-state index is 0.216. The molecule has 1 unspecified atom stereocenters. The van der Waals surface area contributed by atoms with Crippen molar-refractivity contribution in [1.82, 2.24) is 5.32 Å². The Kier molecular flexibility index (Phi) is 4.95. The molecule has 0 aliphatic carbocycles. The molecule has 1 heterocycles. The lowest BCUT2D eigenvalue weighted by atomic mass is 9.99. The summed E-state index contributed by atoms with van der Waals surface area (Å²) >= 11 is 1.52. The zero-order valence-corrected chi connectivity index (χ0v) is 12.4. The van der Waals surface area contributed by atoms with Crippen LogP contribution in [0.2, 0.25) is 0 Å². The first kappa shape index (κ1) is 15.5. The molecule has 21 heavy (non-hydrogen) atoms. The molecule has 1 aliphatic rings. The first-order valence-corrected chi connectivity index (χ1v) is 7.60. The predicted molar refractivity (Wildman–Crippen MR) is 78.9 cm³/mol. The highest BCUT2D eigenvalue weighted by molar-refractivity contribution is 7.99. The van der Waals surface area contributed by atoms with Crippen molar-refractivity contribution in [2.45, 2.75) is 12.0 Å². The van der Waals surface area contributed by atoms with E-state index in [0.29, 0.717) is 23.7 Å². The van der Waals surface area contributed by atoms with Crippen LogP contribution in [0.1, 0.15) is 6.42 Å². The zero-order chi connectivity index (χ0) is 15.3. The summed E-state index contributed by atoms with van der Waals surface area (Å²) in [6.07, 6.45) is 0.432. The molecule has 2 rings (SSSR count). The maximum atomic E-state index is 11.9. The van der Waals surface area contributed by atoms with E-state index in [1.54, 1.807) is 31.4 Å². The zero-order valence-electron chi connectivity index (χ0n) is 11.6. The average molecular weight is 311 g/mol. The highest BCUT2D eigenvalue weighted by atomic mass is 32.2. The third kappa shape index (κ3) is 3.81. The van der Waals surface area contributed by atoms with E-state index in [0.717, 1.165) is 5.75 Å². The van der Waals surface area contributed by atoms with Crippen molar-refractivity contribution in [3.05, 3.63) is 24.3 Å². The fraction of sp³-hybridized carbons (Fsp3) is 0.429. The van der Waals surface area contributed by atoms with Crippen LogP contribution in [0, 0.1) is 0 Å². The van der Waals surface area contributed by atoms with Crippen molar-refractivity contribution in [3.8, 4) is 11.5 Å². The van der Waals surface area contributed by atoms with E-state index in [-0.39, 0.29) is 6.61 Å². The second kappa shape index (κ2) is 6.71. The van der Waals surface area contributed by atoms with Gasteiger partial charge in [-0.1, -0.05) is 0 Å². The quantitative estimate of drug-likeness (QED) is 0.820. The smallest absolute Gasteiger partial charge is 0.330 e. The maximum Gasteiger partial charge on any atom is 0.330 e. The number of carbonyl (C=O) groups is 2. The van der Waals surface area contributed by atoms with Gasteiger partial charge in [-0.15, -0.1) is 0 Å². The van der Waals surface area contributed by atoms with E-state index in [1.807, 2.05) is 0 Å². The first-order chi connectivity index (χ1) is 10.1. The van der Waals surface area contributed by atoms with E-state index in [1.165, 1.54) is 11.8 Å². The Hall–Kier alpha value is -1.89. The Morgan fingerprint density at radius 3 is 2.52 bits per heavy atom. The summed E-state index contributed by atoms with van der Waals surface area (Å²) in [6.45, 7) is -0.216. The molecule has 1 aromatic carbocycles. The van der Waals surface area contributed by atoms with Crippen LogP contribution in [0.25, 0.3) is 0 Å². The molecule has 1 saturated heterocycles. The second-order valence-electron chi connectivity index (χ2n) is 4.70. The molecule has 114 valence electrons. The van der Waals surface area contributed by atoms with E-state index < -0.39 is 17.4 Å². The lowest BCUT2D eigenvalue weighted by molar-refractivity contribution is -0.146. The van der Waals surface area contributed by atoms with Crippen molar-refractivity contribution in [3.63, 3.8) is 0 Å². The molecular formula is C14H17NO5S. The summed E-state index contributed by atoms with van der Waals surface area (Å²) < 4.78 is 10.4. The largest absolute Gasteiger partial charge is 0.497 e. The number of amides is 1. The van der Waals surface area contributed by atoms with Gasteiger partial charge in [0.2, 0.25) is 0 Å². The Morgan fingerprint density at radius 1 is 1.33 bits per heavy atom. The van der Waals surface area contributed by atoms with Crippen molar-refractivity contribution in [2.24, 2.45) is 0 Å². The van der Waals surface area contributed by atoms with Crippen LogP contribution in [-0.4, -0.2) is 47.7 Å². The Bertz CT molecular complexity index is 511. The number of nitrogens with one attached hydrogen (secondary N) is 1. The molecule has 6 nitrogen and oxygen atoms in total. The van der Waals surface area contributed by atoms with Crippen molar-refractivity contribution < 1.29 is 24.2 Å². The van der Waals surface area contributed by atoms with Crippen LogP contribution >= 0.6 is 11.8 Å². The van der Waals surface area contributed by atoms with Crippen molar-refractivity contribution in [2.75, 3.05) is 25.2 Å². The van der Waals surface area contributed by atoms with Gasteiger partial charge >= 0.3 is 5.97 Å². The van der Waals surface area contributed by atoms with Crippen LogP contribution < -0.4 is 14.8 Å². The first-order valence-electron chi connectivity index (χ1n) is 6.45. The van der Waals surface area contributed by atoms with Gasteiger partial charge in [-0.3, -0.25) is 4.79 Å². The number of carboxylic acids is 1. The summed E-state index contributed by atoms with van der Waals surface area (Å²) in [5, 5.41) is 11.8. The molecule has 2 N–H and O–H groups in total. The summed E-state index contributed by atoms with van der Waals surface area (Å²) in [5.41, 5.74) is -1.16. The maximum absolute atomic E-state index is 11.9. The molecule has 0 aromatic heterocycles. The molecule has 1 amide bonds. The summed E-state index contributed by atoms with van der Waals surface area (Å²) in [5.74, 6) is 0.902. The number of carbonyl (C=O) groups excluding carboxylic acids is 1. The van der Waals surface area contributed by atoms with Crippen molar-refractivity contribution >= 4 is 23.6 Å². The lowest BCUT2D eigenvalue weighted by Crippen LogP contribution is -2.55. The topological polar surface area (TPSA) is 84.9 Å². The Morgan fingerprint density at radius 2 is 2.00 bits per heavy atom. The van der Waals surface area contributed by atoms with Gasteiger partial charge in [-0.05, 0) is 36.4 Å². The Balaban J connectivity index is 1.87. The highest BCUT2D eigenvalue weighted by Crippen LogP contribution is 2.28. The van der Waals surface area contributed by atoms with Gasteiger partial charge < -0.3 is 19.9 Å². The van der Waals surface area contributed by atoms with Gasteiger partial charge in [0, 0.05) is 5.75 Å². The number of hydrogen-bond donors (Lipinski definition) is 2. The molecule has 1 aliphatic heterocycles. The molecule has 1 atom stereocenters. The number of ether oxygens (including phenoxy) is 2. The molecule has 0 bridgehead atoms. The average Bonchev–Trinajstić information content (AvgIpc) is 2.95. The molecule has 7 heteroatoms. The minimum Gasteiger partial charge on any atom is -0.497 e. The predicted octanol–water partition coefficient (Wildman–Crippen LogP) is 1.15. The van der Waals surface area contributed by atoms with Gasteiger partial charge in [0.1, 0.15) is 17.0 Å². The number of methoxy groups -OCH3 is 1. The van der Waals surface area contributed by atoms with Gasteiger partial charge in [-0.25, -0.2) is 4.79 Å². The minimum atomic E-state index is -1.16. The summed E-state index contributed by atoms with van der Waals surface area (Å²) in [6, 6.07) is 6.81. The number of aliphatic carboxylic acids is 1. The normalized spacial score (nSPS) is 20.8. The molecule has 1 fully saturated rings. The SMILES string of the molecule is COc1ccc(OCC(=O)NC2(C(=O)O)CCSC2)cc1. The second-order valence-corrected chi connectivity index (χ2v) is 5.81. The number of hydrogen-bond acceptors (Lipinski definition) is 5. The molecule has 0 radical (unpaired) electrons. The monoisotopic (exact) mass is 311 g/mol. The van der Waals surface area contributed by atoms with Crippen LogP contribution in [0.4, 0.5) is 0 Å². The van der Waals surface area contributed by atoms with Gasteiger partial charge in [0.05, 0.1) is 7.11 Å². The van der Waals surface area contributed by atoms with E-state index in [9.17, 15) is 14.7 Å². The third-order valence-corrected chi connectivity index (χ3v) is 4.43. The third-order valence-electron chi connectivity index (χ3n) is 3.24.